The maximum absolute atomic E-state index is 13.1. The summed E-state index contributed by atoms with van der Waals surface area (Å²) in [4.78, 5) is 48.7. The average Bonchev–Trinajstić information content (AvgIpc) is 3.49. The van der Waals surface area contributed by atoms with Gasteiger partial charge in [0.25, 0.3) is 11.3 Å². The van der Waals surface area contributed by atoms with Gasteiger partial charge in [-0.25, -0.2) is 13.7 Å². The van der Waals surface area contributed by atoms with Crippen LogP contribution in [0.2, 0.25) is 0 Å². The van der Waals surface area contributed by atoms with Crippen LogP contribution in [-0.2, 0) is 32.1 Å². The van der Waals surface area contributed by atoms with Gasteiger partial charge in [-0.1, -0.05) is 35.6 Å². The Bertz CT molecular complexity index is 1400. The second-order valence-electron chi connectivity index (χ2n) is 10.4. The van der Waals surface area contributed by atoms with Gasteiger partial charge in [-0.2, -0.15) is 0 Å². The predicted octanol–water partition coefficient (Wildman–Crippen LogP) is 0.139. The molecule has 1 aromatic carbocycles. The number of hydrogen-bond donors (Lipinski definition) is 4. The lowest BCUT2D eigenvalue weighted by molar-refractivity contribution is -0.140. The van der Waals surface area contributed by atoms with Crippen molar-refractivity contribution in [3.63, 3.8) is 0 Å². The summed E-state index contributed by atoms with van der Waals surface area (Å²) in [6.45, 7) is 4.34. The molecule has 1 atom stereocenters. The number of carbonyl (C=O) groups is 3. The average molecular weight is 637 g/mol. The molecule has 4 N–H and O–H groups in total. The van der Waals surface area contributed by atoms with Gasteiger partial charge < -0.3 is 15.1 Å². The van der Waals surface area contributed by atoms with E-state index >= 15 is 0 Å². The largest absolute Gasteiger partial charge is 0.480 e. The van der Waals surface area contributed by atoms with E-state index in [0.29, 0.717) is 63.0 Å². The molecule has 3 heterocycles. The molecule has 0 amide bonds. The van der Waals surface area contributed by atoms with Crippen molar-refractivity contribution in [1.82, 2.24) is 34.2 Å². The first-order chi connectivity index (χ1) is 20.5. The third-order valence-corrected chi connectivity index (χ3v) is 8.38. The Balaban J connectivity index is 1.35. The Hall–Kier alpha value is -3.32. The maximum Gasteiger partial charge on any atom is 0.317 e. The molecule has 15 nitrogen and oxygen atoms in total. The third kappa shape index (κ3) is 10.4. The summed E-state index contributed by atoms with van der Waals surface area (Å²) in [7, 11) is 1.97. The summed E-state index contributed by atoms with van der Waals surface area (Å²) in [5.74, 6) is -1.81. The van der Waals surface area contributed by atoms with E-state index in [1.165, 1.54) is 4.52 Å². The molecule has 0 saturated carbocycles. The van der Waals surface area contributed by atoms with Gasteiger partial charge >= 0.3 is 11.9 Å². The number of rotatable bonds is 11. The molecule has 0 radical (unpaired) electrons. The van der Waals surface area contributed by atoms with Gasteiger partial charge in [-0.05, 0) is 12.6 Å². The van der Waals surface area contributed by atoms with Crippen LogP contribution in [0.1, 0.15) is 5.56 Å². The molecule has 4 rings (SSSR count). The van der Waals surface area contributed by atoms with Crippen molar-refractivity contribution in [2.45, 2.75) is 6.42 Å². The van der Waals surface area contributed by atoms with Crippen LogP contribution in [0.4, 0.5) is 5.13 Å². The number of likely N-dealkylation sites (N-methyl/N-ethyl adjacent to an activating group) is 1. The van der Waals surface area contributed by atoms with Crippen molar-refractivity contribution in [3.05, 3.63) is 36.0 Å². The lowest BCUT2D eigenvalue weighted by Gasteiger charge is -2.32. The molecule has 1 aliphatic rings. The number of benzene rings is 1. The minimum absolute atomic E-state index is 0.0490. The molecule has 234 valence electrons. The number of carbonyl (C=O) groups excluding carboxylic acids is 1. The molecule has 17 heteroatoms. The van der Waals surface area contributed by atoms with Crippen LogP contribution in [-0.4, -0.2) is 150 Å². The molecule has 1 saturated heterocycles. The number of anilines is 1. The minimum Gasteiger partial charge on any atom is -0.480 e. The highest BCUT2D eigenvalue weighted by molar-refractivity contribution is 7.80. The lowest BCUT2D eigenvalue weighted by Crippen LogP contribution is -2.47. The van der Waals surface area contributed by atoms with Crippen LogP contribution in [0.3, 0.4) is 0 Å². The van der Waals surface area contributed by atoms with Crippen molar-refractivity contribution < 1.29 is 33.4 Å². The first-order valence-electron chi connectivity index (χ1n) is 13.7. The van der Waals surface area contributed by atoms with Crippen LogP contribution in [0.15, 0.2) is 30.5 Å². The highest BCUT2D eigenvalue weighted by Gasteiger charge is 2.19. The molecule has 1 fully saturated rings. The fourth-order valence-electron chi connectivity index (χ4n) is 4.78. The number of carboxylic acid groups (broad SMARTS) is 2. The fourth-order valence-corrected chi connectivity index (χ4v) is 5.98. The summed E-state index contributed by atoms with van der Waals surface area (Å²) >= 11 is -1.06. The van der Waals surface area contributed by atoms with Gasteiger partial charge in [0.15, 0.2) is 5.78 Å². The molecule has 3 aromatic rings. The zero-order valence-corrected chi connectivity index (χ0v) is 25.4. The second-order valence-corrected chi connectivity index (χ2v) is 12.1. The third-order valence-electron chi connectivity index (χ3n) is 7.05. The van der Waals surface area contributed by atoms with Crippen molar-refractivity contribution >= 4 is 50.4 Å². The first kappa shape index (κ1) is 32.6. The minimum atomic E-state index is -2.21. The van der Waals surface area contributed by atoms with Crippen LogP contribution < -0.4 is 4.72 Å². The van der Waals surface area contributed by atoms with Gasteiger partial charge in [0, 0.05) is 64.3 Å². The van der Waals surface area contributed by atoms with Crippen LogP contribution in [0, 0.1) is 0 Å². The molecule has 0 bridgehead atoms. The fraction of sp³-hybridized carbons (Fsp3) is 0.500. The number of imidazole rings is 1. The number of Topliss-reactive ketones (excluding diaryl/α,β-unsaturated/α-hetero) is 1. The number of aliphatic carboxylic acids is 2. The molecular weight excluding hydrogens is 600 g/mol. The highest BCUT2D eigenvalue weighted by Crippen LogP contribution is 2.25. The molecule has 2 aromatic heterocycles. The molecular formula is C26H36N8O7S2. The SMILES string of the molecule is CN1CCN(CC(=O)O)CCN(CC(=O)O)CCN(CC(=O)Cc2ccc(-c3cn4nc(NS(=O)O)sc4n3)cc2)CC1. The van der Waals surface area contributed by atoms with Gasteiger partial charge in [-0.3, -0.25) is 38.4 Å². The number of fused-ring (bicyclic) bond motifs is 1. The number of ketones is 1. The summed E-state index contributed by atoms with van der Waals surface area (Å²) in [5, 5.41) is 23.1. The molecule has 0 spiro atoms. The van der Waals surface area contributed by atoms with E-state index in [9.17, 15) is 28.8 Å². The second kappa shape index (κ2) is 15.4. The predicted molar refractivity (Wildman–Crippen MR) is 161 cm³/mol. The maximum atomic E-state index is 13.1. The number of aromatic nitrogens is 3. The normalized spacial score (nSPS) is 17.7. The monoisotopic (exact) mass is 636 g/mol. The molecule has 1 unspecified atom stereocenters. The Morgan fingerprint density at radius 1 is 0.884 bits per heavy atom. The number of hydrogen-bond acceptors (Lipinski definition) is 11. The lowest BCUT2D eigenvalue weighted by atomic mass is 10.1. The van der Waals surface area contributed by atoms with E-state index < -0.39 is 23.2 Å². The Morgan fingerprint density at radius 2 is 1.42 bits per heavy atom. The first-order valence-corrected chi connectivity index (χ1v) is 15.6. The molecule has 0 aliphatic carbocycles. The standard InChI is InChI=1S/C26H36N8O7S2/c1-30-6-8-31(10-11-33(18-24(38)39)13-12-32(9-7-30)17-23(36)37)15-21(35)14-19-2-4-20(5-3-19)22-16-34-26(27-22)42-25(28-34)29-43(40)41/h2-5,16H,6-15,17-18H2,1H3,(H,28,29)(H,36,37)(H,38,39)(H,40,41). The smallest absolute Gasteiger partial charge is 0.317 e. The van der Waals surface area contributed by atoms with Gasteiger partial charge in [0.2, 0.25) is 10.1 Å². The zero-order chi connectivity index (χ0) is 30.9. The topological polar surface area (TPSA) is 184 Å². The van der Waals surface area contributed by atoms with E-state index in [0.717, 1.165) is 22.5 Å². The van der Waals surface area contributed by atoms with Gasteiger partial charge in [-0.15, -0.1) is 5.10 Å². The van der Waals surface area contributed by atoms with Crippen LogP contribution in [0.5, 0.6) is 0 Å². The Morgan fingerprint density at radius 3 is 1.93 bits per heavy atom. The van der Waals surface area contributed by atoms with Crippen molar-refractivity contribution in [2.75, 3.05) is 83.8 Å². The van der Waals surface area contributed by atoms with E-state index in [4.69, 9.17) is 4.55 Å². The summed E-state index contributed by atoms with van der Waals surface area (Å²) in [6, 6.07) is 7.55. The number of nitrogens with one attached hydrogen (secondary N) is 1. The van der Waals surface area contributed by atoms with Crippen molar-refractivity contribution in [1.29, 1.82) is 0 Å². The number of nitrogens with zero attached hydrogens (tertiary/aromatic N) is 7. The number of carboxylic acids is 2. The van der Waals surface area contributed by atoms with Gasteiger partial charge in [0.05, 0.1) is 31.5 Å². The van der Waals surface area contributed by atoms with Crippen molar-refractivity contribution in [3.8, 4) is 11.3 Å². The van der Waals surface area contributed by atoms with Crippen LogP contribution >= 0.6 is 11.3 Å². The summed E-state index contributed by atoms with van der Waals surface area (Å²) in [6.07, 6.45) is 1.98. The van der Waals surface area contributed by atoms with Gasteiger partial charge in [0.1, 0.15) is 0 Å². The van der Waals surface area contributed by atoms with E-state index in [1.807, 2.05) is 36.2 Å². The highest BCUT2D eigenvalue weighted by atomic mass is 32.2. The van der Waals surface area contributed by atoms with Crippen molar-refractivity contribution in [2.24, 2.45) is 0 Å². The Kier molecular flexibility index (Phi) is 11.7. The molecule has 1 aliphatic heterocycles. The summed E-state index contributed by atoms with van der Waals surface area (Å²) < 4.78 is 23.7. The van der Waals surface area contributed by atoms with E-state index in [2.05, 4.69) is 24.6 Å². The zero-order valence-electron chi connectivity index (χ0n) is 23.8. The Labute approximate surface area is 255 Å². The molecule has 43 heavy (non-hydrogen) atoms. The summed E-state index contributed by atoms with van der Waals surface area (Å²) in [5.41, 5.74) is 2.40. The van der Waals surface area contributed by atoms with Crippen LogP contribution in [0.25, 0.3) is 16.2 Å². The van der Waals surface area contributed by atoms with E-state index in [1.54, 1.807) is 11.1 Å². The van der Waals surface area contributed by atoms with E-state index in [-0.39, 0.29) is 37.0 Å². The quantitative estimate of drug-likeness (QED) is 0.209.